The first kappa shape index (κ1) is 18.4. The van der Waals surface area contributed by atoms with Gasteiger partial charge in [0.05, 0.1) is 12.8 Å². The fourth-order valence-corrected chi connectivity index (χ4v) is 3.50. The second-order valence-electron chi connectivity index (χ2n) is 7.22. The first-order valence-electron chi connectivity index (χ1n) is 8.59. The second kappa shape index (κ2) is 7.46. The summed E-state index contributed by atoms with van der Waals surface area (Å²) in [5.41, 5.74) is 9.26. The van der Waals surface area contributed by atoms with Gasteiger partial charge in [-0.15, -0.1) is 11.8 Å². The lowest BCUT2D eigenvalue weighted by Gasteiger charge is -2.15. The monoisotopic (exact) mass is 367 g/mol. The lowest BCUT2D eigenvalue weighted by atomic mass is 9.92. The van der Waals surface area contributed by atoms with Crippen LogP contribution in [0.5, 0.6) is 5.75 Å². The quantitative estimate of drug-likeness (QED) is 0.641. The third-order valence-electron chi connectivity index (χ3n) is 4.13. The molecule has 0 radical (unpaired) electrons. The minimum absolute atomic E-state index is 0.0575. The average molecular weight is 368 g/mol. The molecule has 5 heteroatoms. The number of methoxy groups -OCH3 is 1. The molecule has 0 bridgehead atoms. The van der Waals surface area contributed by atoms with Gasteiger partial charge in [0.15, 0.2) is 0 Å². The molecule has 2 N–H and O–H groups in total. The smallest absolute Gasteiger partial charge is 0.145 e. The summed E-state index contributed by atoms with van der Waals surface area (Å²) in [7, 11) is 1.68. The highest BCUT2D eigenvalue weighted by molar-refractivity contribution is 7.98. The second-order valence-corrected chi connectivity index (χ2v) is 8.27. The van der Waals surface area contributed by atoms with Crippen LogP contribution in [-0.2, 0) is 11.2 Å². The van der Waals surface area contributed by atoms with Crippen molar-refractivity contribution in [3.63, 3.8) is 0 Å². The molecule has 1 heterocycles. The SMILES string of the molecule is COc1cc(SCc2ccccc2)ccc1-n1nc(C(C)(C)C)cc1N. The van der Waals surface area contributed by atoms with E-state index in [0.29, 0.717) is 5.82 Å². The van der Waals surface area contributed by atoms with E-state index in [0.717, 1.165) is 27.8 Å². The molecular formula is C21H25N3OS. The number of ether oxygens (including phenoxy) is 1. The van der Waals surface area contributed by atoms with Gasteiger partial charge >= 0.3 is 0 Å². The summed E-state index contributed by atoms with van der Waals surface area (Å²) in [6.07, 6.45) is 0. The van der Waals surface area contributed by atoms with Crippen molar-refractivity contribution < 1.29 is 4.74 Å². The van der Waals surface area contributed by atoms with Crippen LogP contribution in [-0.4, -0.2) is 16.9 Å². The number of benzene rings is 2. The molecule has 3 aromatic rings. The van der Waals surface area contributed by atoms with Gasteiger partial charge in [0.1, 0.15) is 17.3 Å². The van der Waals surface area contributed by atoms with Crippen LogP contribution in [0.3, 0.4) is 0 Å². The van der Waals surface area contributed by atoms with Gasteiger partial charge in [-0.25, -0.2) is 4.68 Å². The maximum atomic E-state index is 6.21. The van der Waals surface area contributed by atoms with Crippen LogP contribution in [0.15, 0.2) is 59.5 Å². The molecule has 0 unspecified atom stereocenters. The van der Waals surface area contributed by atoms with Gasteiger partial charge in [0.25, 0.3) is 0 Å². The summed E-state index contributed by atoms with van der Waals surface area (Å²) < 4.78 is 7.37. The first-order chi connectivity index (χ1) is 12.4. The number of nitrogens with two attached hydrogens (primary N) is 1. The molecule has 1 aromatic heterocycles. The zero-order valence-electron chi connectivity index (χ0n) is 15.7. The van der Waals surface area contributed by atoms with Crippen molar-refractivity contribution in [2.24, 2.45) is 0 Å². The van der Waals surface area contributed by atoms with E-state index in [1.807, 2.05) is 24.3 Å². The number of anilines is 1. The van der Waals surface area contributed by atoms with E-state index in [1.165, 1.54) is 5.56 Å². The van der Waals surface area contributed by atoms with E-state index in [-0.39, 0.29) is 5.41 Å². The molecular weight excluding hydrogens is 342 g/mol. The lowest BCUT2D eigenvalue weighted by molar-refractivity contribution is 0.410. The summed E-state index contributed by atoms with van der Waals surface area (Å²) in [5, 5.41) is 4.69. The third-order valence-corrected chi connectivity index (χ3v) is 5.20. The maximum Gasteiger partial charge on any atom is 0.145 e. The molecule has 0 saturated heterocycles. The Hall–Kier alpha value is -2.40. The van der Waals surface area contributed by atoms with Crippen LogP contribution in [0.2, 0.25) is 0 Å². The van der Waals surface area contributed by atoms with E-state index >= 15 is 0 Å². The molecule has 4 nitrogen and oxygen atoms in total. The summed E-state index contributed by atoms with van der Waals surface area (Å²) in [6.45, 7) is 6.37. The summed E-state index contributed by atoms with van der Waals surface area (Å²) in [4.78, 5) is 1.15. The predicted molar refractivity (Wildman–Crippen MR) is 109 cm³/mol. The molecule has 0 spiro atoms. The molecule has 26 heavy (non-hydrogen) atoms. The van der Waals surface area contributed by atoms with Crippen molar-refractivity contribution in [3.05, 3.63) is 65.9 Å². The molecule has 2 aromatic carbocycles. The summed E-state index contributed by atoms with van der Waals surface area (Å²) in [5.74, 6) is 2.29. The van der Waals surface area contributed by atoms with Gasteiger partial charge in [-0.3, -0.25) is 0 Å². The number of nitrogen functional groups attached to an aromatic ring is 1. The Balaban J connectivity index is 1.86. The Labute approximate surface area is 159 Å². The van der Waals surface area contributed by atoms with Crippen molar-refractivity contribution in [2.45, 2.75) is 36.8 Å². The van der Waals surface area contributed by atoms with Crippen molar-refractivity contribution >= 4 is 17.6 Å². The van der Waals surface area contributed by atoms with Gasteiger partial charge in [0, 0.05) is 22.1 Å². The van der Waals surface area contributed by atoms with Crippen molar-refractivity contribution in [1.29, 1.82) is 0 Å². The van der Waals surface area contributed by atoms with Crippen LogP contribution >= 0.6 is 11.8 Å². The minimum Gasteiger partial charge on any atom is -0.494 e. The Morgan fingerprint density at radius 1 is 1.08 bits per heavy atom. The average Bonchev–Trinajstić information content (AvgIpc) is 3.02. The van der Waals surface area contributed by atoms with Gasteiger partial charge in [-0.05, 0) is 23.8 Å². The zero-order chi connectivity index (χ0) is 18.7. The number of rotatable bonds is 5. The van der Waals surface area contributed by atoms with Crippen LogP contribution in [0.4, 0.5) is 5.82 Å². The standard InChI is InChI=1S/C21H25N3OS/c1-21(2,3)19-13-20(22)24(23-19)17-11-10-16(12-18(17)25-4)26-14-15-8-6-5-7-9-15/h5-13H,14,22H2,1-4H3. The molecule has 0 aliphatic carbocycles. The van der Waals surface area contributed by atoms with Crippen molar-refractivity contribution in [3.8, 4) is 11.4 Å². The molecule has 0 saturated carbocycles. The normalized spacial score (nSPS) is 11.5. The van der Waals surface area contributed by atoms with Crippen LogP contribution < -0.4 is 10.5 Å². The molecule has 3 rings (SSSR count). The van der Waals surface area contributed by atoms with E-state index in [2.05, 4.69) is 56.2 Å². The Morgan fingerprint density at radius 3 is 2.42 bits per heavy atom. The largest absolute Gasteiger partial charge is 0.494 e. The zero-order valence-corrected chi connectivity index (χ0v) is 16.5. The lowest BCUT2D eigenvalue weighted by Crippen LogP contribution is -2.12. The van der Waals surface area contributed by atoms with E-state index in [4.69, 9.17) is 10.5 Å². The topological polar surface area (TPSA) is 53.1 Å². The van der Waals surface area contributed by atoms with Gasteiger partial charge in [0.2, 0.25) is 0 Å². The third kappa shape index (κ3) is 4.05. The fraction of sp³-hybridized carbons (Fsp3) is 0.286. The number of hydrogen-bond acceptors (Lipinski definition) is 4. The number of nitrogens with zero attached hydrogens (tertiary/aromatic N) is 2. The van der Waals surface area contributed by atoms with Crippen LogP contribution in [0.1, 0.15) is 32.0 Å². The van der Waals surface area contributed by atoms with Crippen molar-refractivity contribution in [1.82, 2.24) is 9.78 Å². The number of thioether (sulfide) groups is 1. The van der Waals surface area contributed by atoms with Crippen molar-refractivity contribution in [2.75, 3.05) is 12.8 Å². The predicted octanol–water partition coefficient (Wildman–Crippen LogP) is 5.05. The maximum absolute atomic E-state index is 6.21. The summed E-state index contributed by atoms with van der Waals surface area (Å²) in [6, 6.07) is 18.5. The number of aromatic nitrogens is 2. The first-order valence-corrected chi connectivity index (χ1v) is 9.58. The van der Waals surface area contributed by atoms with Gasteiger partial charge in [-0.2, -0.15) is 5.10 Å². The van der Waals surface area contributed by atoms with Crippen LogP contribution in [0, 0.1) is 0 Å². The van der Waals surface area contributed by atoms with Gasteiger partial charge < -0.3 is 10.5 Å². The molecule has 136 valence electrons. The van der Waals surface area contributed by atoms with E-state index in [1.54, 1.807) is 23.6 Å². The molecule has 0 amide bonds. The number of hydrogen-bond donors (Lipinski definition) is 1. The minimum atomic E-state index is -0.0575. The molecule has 0 atom stereocenters. The highest BCUT2D eigenvalue weighted by atomic mass is 32.2. The Morgan fingerprint density at radius 2 is 1.81 bits per heavy atom. The van der Waals surface area contributed by atoms with Crippen LogP contribution in [0.25, 0.3) is 5.69 Å². The van der Waals surface area contributed by atoms with E-state index in [9.17, 15) is 0 Å². The van der Waals surface area contributed by atoms with E-state index < -0.39 is 0 Å². The molecule has 0 aliphatic rings. The van der Waals surface area contributed by atoms with Gasteiger partial charge in [-0.1, -0.05) is 51.1 Å². The summed E-state index contributed by atoms with van der Waals surface area (Å²) >= 11 is 1.78. The Kier molecular flexibility index (Phi) is 5.28. The fourth-order valence-electron chi connectivity index (χ4n) is 2.62. The Bertz CT molecular complexity index is 882. The molecule has 0 aliphatic heterocycles. The highest BCUT2D eigenvalue weighted by Gasteiger charge is 2.20. The molecule has 0 fully saturated rings. The highest BCUT2D eigenvalue weighted by Crippen LogP contribution is 2.33.